The van der Waals surface area contributed by atoms with Gasteiger partial charge in [0.05, 0.1) is 7.11 Å². The summed E-state index contributed by atoms with van der Waals surface area (Å²) in [5, 5.41) is 8.69. The number of aliphatic hydroxyl groups is 1. The number of hydrogen-bond donors (Lipinski definition) is 2. The summed E-state index contributed by atoms with van der Waals surface area (Å²) in [4.78, 5) is 0. The molecule has 0 aromatic heterocycles. The van der Waals surface area contributed by atoms with E-state index in [0.29, 0.717) is 6.42 Å². The van der Waals surface area contributed by atoms with Crippen molar-refractivity contribution in [2.24, 2.45) is 5.73 Å². The predicted octanol–water partition coefficient (Wildman–Crippen LogP) is 1.22. The second kappa shape index (κ2) is 4.93. The second-order valence-corrected chi connectivity index (χ2v) is 3.01. The zero-order chi connectivity index (χ0) is 10.6. The zero-order valence-electron chi connectivity index (χ0n) is 8.03. The van der Waals surface area contributed by atoms with Crippen LogP contribution in [0.4, 0.5) is 4.39 Å². The number of rotatable bonds is 4. The molecule has 14 heavy (non-hydrogen) atoms. The fourth-order valence-electron chi connectivity index (χ4n) is 1.21. The van der Waals surface area contributed by atoms with E-state index in [9.17, 15) is 4.39 Å². The average molecular weight is 199 g/mol. The molecule has 0 amide bonds. The molecule has 0 unspecified atom stereocenters. The van der Waals surface area contributed by atoms with E-state index in [4.69, 9.17) is 15.6 Å². The highest BCUT2D eigenvalue weighted by Gasteiger charge is 2.09. The lowest BCUT2D eigenvalue weighted by molar-refractivity contribution is 0.276. The number of aliphatic hydroxyl groups excluding tert-OH is 1. The van der Waals surface area contributed by atoms with Gasteiger partial charge in [0.1, 0.15) is 0 Å². The van der Waals surface area contributed by atoms with Gasteiger partial charge in [-0.3, -0.25) is 0 Å². The normalized spacial score (nSPS) is 12.6. The van der Waals surface area contributed by atoms with Crippen LogP contribution in [0.2, 0.25) is 0 Å². The standard InChI is InChI=1S/C10H14FNO2/c1-14-10-6-7(2-3-8(10)11)9(12)4-5-13/h2-3,6,9,13H,4-5,12H2,1H3/t9-/m0/s1. The fraction of sp³-hybridized carbons (Fsp3) is 0.400. The first-order valence-electron chi connectivity index (χ1n) is 4.39. The number of halogens is 1. The van der Waals surface area contributed by atoms with Crippen molar-refractivity contribution in [2.45, 2.75) is 12.5 Å². The molecule has 0 aliphatic carbocycles. The number of ether oxygens (including phenoxy) is 1. The van der Waals surface area contributed by atoms with Crippen molar-refractivity contribution in [2.75, 3.05) is 13.7 Å². The van der Waals surface area contributed by atoms with E-state index >= 15 is 0 Å². The first kappa shape index (κ1) is 10.9. The molecular weight excluding hydrogens is 185 g/mol. The van der Waals surface area contributed by atoms with Crippen LogP contribution in [0.5, 0.6) is 5.75 Å². The van der Waals surface area contributed by atoms with Crippen LogP contribution in [0.3, 0.4) is 0 Å². The van der Waals surface area contributed by atoms with E-state index in [-0.39, 0.29) is 18.4 Å². The summed E-state index contributed by atoms with van der Waals surface area (Å²) >= 11 is 0. The molecule has 0 radical (unpaired) electrons. The molecular formula is C10H14FNO2. The lowest BCUT2D eigenvalue weighted by atomic mass is 10.0. The Morgan fingerprint density at radius 3 is 2.86 bits per heavy atom. The molecule has 78 valence electrons. The molecule has 0 bridgehead atoms. The van der Waals surface area contributed by atoms with Crippen molar-refractivity contribution in [3.05, 3.63) is 29.6 Å². The van der Waals surface area contributed by atoms with Crippen LogP contribution in [0.15, 0.2) is 18.2 Å². The van der Waals surface area contributed by atoms with E-state index in [1.807, 2.05) is 0 Å². The number of methoxy groups -OCH3 is 1. The number of benzene rings is 1. The Labute approximate surface area is 82.3 Å². The lowest BCUT2D eigenvalue weighted by Gasteiger charge is -2.11. The van der Waals surface area contributed by atoms with Crippen molar-refractivity contribution in [1.29, 1.82) is 0 Å². The van der Waals surface area contributed by atoms with E-state index in [0.717, 1.165) is 5.56 Å². The van der Waals surface area contributed by atoms with Gasteiger partial charge in [0.15, 0.2) is 11.6 Å². The molecule has 3 N–H and O–H groups in total. The summed E-state index contributed by atoms with van der Waals surface area (Å²) in [6, 6.07) is 4.17. The van der Waals surface area contributed by atoms with Gasteiger partial charge in [-0.1, -0.05) is 6.07 Å². The van der Waals surface area contributed by atoms with E-state index in [1.165, 1.54) is 13.2 Å². The third-order valence-corrected chi connectivity index (χ3v) is 2.04. The minimum atomic E-state index is -0.410. The minimum Gasteiger partial charge on any atom is -0.494 e. The molecule has 1 rings (SSSR count). The summed E-state index contributed by atoms with van der Waals surface area (Å²) < 4.78 is 17.8. The van der Waals surface area contributed by atoms with E-state index in [1.54, 1.807) is 12.1 Å². The molecule has 1 aromatic carbocycles. The van der Waals surface area contributed by atoms with Gasteiger partial charge in [-0.2, -0.15) is 0 Å². The number of nitrogens with two attached hydrogens (primary N) is 1. The first-order chi connectivity index (χ1) is 6.69. The highest BCUT2D eigenvalue weighted by molar-refractivity contribution is 5.31. The zero-order valence-corrected chi connectivity index (χ0v) is 8.03. The van der Waals surface area contributed by atoms with Gasteiger partial charge in [-0.25, -0.2) is 4.39 Å². The van der Waals surface area contributed by atoms with Gasteiger partial charge in [0.2, 0.25) is 0 Å². The molecule has 1 aromatic rings. The smallest absolute Gasteiger partial charge is 0.165 e. The third-order valence-electron chi connectivity index (χ3n) is 2.04. The molecule has 0 saturated carbocycles. The molecule has 1 atom stereocenters. The molecule has 4 heteroatoms. The van der Waals surface area contributed by atoms with Crippen molar-refractivity contribution in [3.63, 3.8) is 0 Å². The van der Waals surface area contributed by atoms with Crippen molar-refractivity contribution in [3.8, 4) is 5.75 Å². The van der Waals surface area contributed by atoms with Crippen LogP contribution in [0.25, 0.3) is 0 Å². The fourth-order valence-corrected chi connectivity index (χ4v) is 1.21. The minimum absolute atomic E-state index is 0.0147. The van der Waals surface area contributed by atoms with Crippen LogP contribution in [0.1, 0.15) is 18.0 Å². The monoisotopic (exact) mass is 199 g/mol. The Kier molecular flexibility index (Phi) is 3.85. The first-order valence-corrected chi connectivity index (χ1v) is 4.39. The Morgan fingerprint density at radius 1 is 1.57 bits per heavy atom. The quantitative estimate of drug-likeness (QED) is 0.766. The van der Waals surface area contributed by atoms with Gasteiger partial charge < -0.3 is 15.6 Å². The van der Waals surface area contributed by atoms with E-state index in [2.05, 4.69) is 0 Å². The van der Waals surface area contributed by atoms with Gasteiger partial charge in [0, 0.05) is 12.6 Å². The van der Waals surface area contributed by atoms with Crippen molar-refractivity contribution < 1.29 is 14.2 Å². The van der Waals surface area contributed by atoms with Gasteiger partial charge in [-0.15, -0.1) is 0 Å². The van der Waals surface area contributed by atoms with Crippen molar-refractivity contribution >= 4 is 0 Å². The average Bonchev–Trinajstić information content (AvgIpc) is 2.19. The molecule has 0 spiro atoms. The SMILES string of the molecule is COc1cc([C@@H](N)CCO)ccc1F. The predicted molar refractivity (Wildman–Crippen MR) is 51.6 cm³/mol. The van der Waals surface area contributed by atoms with Gasteiger partial charge in [-0.05, 0) is 24.1 Å². The second-order valence-electron chi connectivity index (χ2n) is 3.01. The maximum atomic E-state index is 13.0. The maximum Gasteiger partial charge on any atom is 0.165 e. The summed E-state index contributed by atoms with van der Waals surface area (Å²) in [5.41, 5.74) is 6.50. The van der Waals surface area contributed by atoms with Crippen molar-refractivity contribution in [1.82, 2.24) is 0 Å². The van der Waals surface area contributed by atoms with Crippen LogP contribution < -0.4 is 10.5 Å². The van der Waals surface area contributed by atoms with Gasteiger partial charge >= 0.3 is 0 Å². The third kappa shape index (κ3) is 2.43. The maximum absolute atomic E-state index is 13.0. The van der Waals surface area contributed by atoms with E-state index < -0.39 is 5.82 Å². The Morgan fingerprint density at radius 2 is 2.29 bits per heavy atom. The summed E-state index contributed by atoms with van der Waals surface area (Å²) in [7, 11) is 1.40. The molecule has 0 saturated heterocycles. The topological polar surface area (TPSA) is 55.5 Å². The highest BCUT2D eigenvalue weighted by Crippen LogP contribution is 2.22. The van der Waals surface area contributed by atoms with Crippen LogP contribution in [-0.2, 0) is 0 Å². The molecule has 0 heterocycles. The molecule has 3 nitrogen and oxygen atoms in total. The molecule has 0 fully saturated rings. The van der Waals surface area contributed by atoms with Crippen LogP contribution >= 0.6 is 0 Å². The van der Waals surface area contributed by atoms with Gasteiger partial charge in [0.25, 0.3) is 0 Å². The summed E-state index contributed by atoms with van der Waals surface area (Å²) in [6.07, 6.45) is 0.453. The lowest BCUT2D eigenvalue weighted by Crippen LogP contribution is -2.12. The largest absolute Gasteiger partial charge is 0.494 e. The summed E-state index contributed by atoms with van der Waals surface area (Å²) in [6.45, 7) is 0.0147. The van der Waals surface area contributed by atoms with Crippen LogP contribution in [-0.4, -0.2) is 18.8 Å². The summed E-state index contributed by atoms with van der Waals surface area (Å²) in [5.74, 6) is -0.233. The Hall–Kier alpha value is -1.13. The Balaban J connectivity index is 2.88. The highest BCUT2D eigenvalue weighted by atomic mass is 19.1. The Bertz CT molecular complexity index is 304. The van der Waals surface area contributed by atoms with Crippen LogP contribution in [0, 0.1) is 5.82 Å². The molecule has 0 aliphatic heterocycles. The molecule has 0 aliphatic rings. The number of hydrogen-bond acceptors (Lipinski definition) is 3.